The summed E-state index contributed by atoms with van der Waals surface area (Å²) >= 11 is 6.93. The van der Waals surface area contributed by atoms with Crippen molar-refractivity contribution in [2.75, 3.05) is 0 Å². The number of hydrogen-bond donors (Lipinski definition) is 0. The molecule has 0 saturated heterocycles. The highest BCUT2D eigenvalue weighted by Crippen LogP contribution is 2.27. The van der Waals surface area contributed by atoms with Gasteiger partial charge in [0.1, 0.15) is 15.8 Å². The van der Waals surface area contributed by atoms with Crippen LogP contribution in [0.5, 0.6) is 0 Å². The molecule has 0 saturated carbocycles. The predicted molar refractivity (Wildman–Crippen MR) is 50.3 cm³/mol. The van der Waals surface area contributed by atoms with Crippen LogP contribution < -0.4 is 0 Å². The lowest BCUT2D eigenvalue weighted by Gasteiger charge is -1.94. The zero-order valence-electron chi connectivity index (χ0n) is 6.37. The molecule has 5 heteroatoms. The first-order valence-electron chi connectivity index (χ1n) is 3.51. The minimum absolute atomic E-state index is 0.275. The fourth-order valence-corrected chi connectivity index (χ4v) is 1.64. The second kappa shape index (κ2) is 3.40. The van der Waals surface area contributed by atoms with Crippen molar-refractivity contribution >= 4 is 23.1 Å². The van der Waals surface area contributed by atoms with Crippen molar-refractivity contribution < 1.29 is 4.39 Å². The largest absolute Gasteiger partial charge is 0.207 e. The first kappa shape index (κ1) is 8.59. The van der Waals surface area contributed by atoms with Gasteiger partial charge in [-0.3, -0.25) is 0 Å². The van der Waals surface area contributed by atoms with E-state index in [2.05, 4.69) is 9.59 Å². The number of rotatable bonds is 1. The molecule has 1 aromatic carbocycles. The summed E-state index contributed by atoms with van der Waals surface area (Å²) in [5.74, 6) is -0.275. The van der Waals surface area contributed by atoms with Crippen molar-refractivity contribution in [1.82, 2.24) is 9.59 Å². The van der Waals surface area contributed by atoms with Crippen LogP contribution in [0.25, 0.3) is 11.3 Å². The fraction of sp³-hybridized carbons (Fsp3) is 0. The molecule has 13 heavy (non-hydrogen) atoms. The molecular weight excluding hydrogens is 211 g/mol. The molecule has 0 radical (unpaired) electrons. The topological polar surface area (TPSA) is 25.8 Å². The van der Waals surface area contributed by atoms with E-state index >= 15 is 0 Å². The van der Waals surface area contributed by atoms with Gasteiger partial charge in [0, 0.05) is 17.1 Å². The van der Waals surface area contributed by atoms with Gasteiger partial charge in [0.2, 0.25) is 0 Å². The summed E-state index contributed by atoms with van der Waals surface area (Å²) in [7, 11) is 0. The molecule has 0 atom stereocenters. The summed E-state index contributed by atoms with van der Waals surface area (Å²) < 4.78 is 16.8. The third-order valence-electron chi connectivity index (χ3n) is 1.57. The first-order valence-corrected chi connectivity index (χ1v) is 4.66. The molecule has 0 unspecified atom stereocenters. The van der Waals surface area contributed by atoms with E-state index in [1.807, 2.05) is 0 Å². The quantitative estimate of drug-likeness (QED) is 0.729. The van der Waals surface area contributed by atoms with E-state index in [0.29, 0.717) is 10.0 Å². The zero-order valence-corrected chi connectivity index (χ0v) is 7.94. The molecule has 0 fully saturated rings. The second-order valence-corrected chi connectivity index (χ2v) is 3.76. The normalized spacial score (nSPS) is 10.3. The lowest BCUT2D eigenvalue weighted by molar-refractivity contribution is 0.628. The minimum Gasteiger partial charge on any atom is -0.207 e. The van der Waals surface area contributed by atoms with Gasteiger partial charge in [-0.25, -0.2) is 4.39 Å². The van der Waals surface area contributed by atoms with Gasteiger partial charge in [0.05, 0.1) is 0 Å². The van der Waals surface area contributed by atoms with Crippen molar-refractivity contribution in [2.24, 2.45) is 0 Å². The Morgan fingerprint density at radius 2 is 1.92 bits per heavy atom. The summed E-state index contributed by atoms with van der Waals surface area (Å²) in [5, 5.41) is 3.83. The molecule has 0 aliphatic rings. The number of aromatic nitrogens is 2. The van der Waals surface area contributed by atoms with Gasteiger partial charge in [0.15, 0.2) is 0 Å². The Morgan fingerprint density at radius 1 is 1.23 bits per heavy atom. The van der Waals surface area contributed by atoms with Gasteiger partial charge >= 0.3 is 0 Å². The predicted octanol–water partition coefficient (Wildman–Crippen LogP) is 3.00. The van der Waals surface area contributed by atoms with Crippen molar-refractivity contribution in [1.29, 1.82) is 0 Å². The third-order valence-corrected chi connectivity index (χ3v) is 2.47. The van der Waals surface area contributed by atoms with Crippen LogP contribution in [0.2, 0.25) is 4.34 Å². The highest BCUT2D eigenvalue weighted by Gasteiger charge is 2.07. The standard InChI is InChI=1S/C8H4ClFN2S/c9-8-7(11-12-13-8)5-1-3-6(10)4-2-5/h1-4H. The van der Waals surface area contributed by atoms with Crippen LogP contribution in [0, 0.1) is 5.82 Å². The Hall–Kier alpha value is -1.00. The highest BCUT2D eigenvalue weighted by molar-refractivity contribution is 7.10. The fourth-order valence-electron chi connectivity index (χ4n) is 0.959. The smallest absolute Gasteiger partial charge is 0.142 e. The van der Waals surface area contributed by atoms with E-state index in [9.17, 15) is 4.39 Å². The third kappa shape index (κ3) is 1.68. The van der Waals surface area contributed by atoms with Gasteiger partial charge in [-0.1, -0.05) is 16.1 Å². The van der Waals surface area contributed by atoms with E-state index in [-0.39, 0.29) is 5.82 Å². The van der Waals surface area contributed by atoms with Crippen molar-refractivity contribution in [2.45, 2.75) is 0 Å². The van der Waals surface area contributed by atoms with Gasteiger partial charge in [-0.15, -0.1) is 5.10 Å². The highest BCUT2D eigenvalue weighted by atomic mass is 35.5. The van der Waals surface area contributed by atoms with E-state index in [4.69, 9.17) is 11.6 Å². The van der Waals surface area contributed by atoms with Gasteiger partial charge in [-0.05, 0) is 24.3 Å². The number of halogens is 2. The van der Waals surface area contributed by atoms with Crippen molar-refractivity contribution in [3.63, 3.8) is 0 Å². The molecule has 0 amide bonds. The van der Waals surface area contributed by atoms with Gasteiger partial charge in [-0.2, -0.15) is 0 Å². The van der Waals surface area contributed by atoms with Crippen LogP contribution in [0.4, 0.5) is 4.39 Å². The van der Waals surface area contributed by atoms with E-state index in [1.54, 1.807) is 12.1 Å². The summed E-state index contributed by atoms with van der Waals surface area (Å²) in [4.78, 5) is 0. The Balaban J connectivity index is 2.47. The molecule has 2 aromatic rings. The van der Waals surface area contributed by atoms with Crippen LogP contribution in [0.3, 0.4) is 0 Å². The summed E-state index contributed by atoms with van der Waals surface area (Å²) in [6.45, 7) is 0. The molecule has 0 N–H and O–H groups in total. The molecule has 2 rings (SSSR count). The Kier molecular flexibility index (Phi) is 2.24. The number of benzene rings is 1. The minimum atomic E-state index is -0.275. The number of hydrogen-bond acceptors (Lipinski definition) is 3. The summed E-state index contributed by atoms with van der Waals surface area (Å²) in [5.41, 5.74) is 1.38. The van der Waals surface area contributed by atoms with Crippen molar-refractivity contribution in [3.05, 3.63) is 34.4 Å². The molecule has 1 heterocycles. The Bertz CT molecular complexity index is 412. The monoisotopic (exact) mass is 214 g/mol. The molecule has 66 valence electrons. The summed E-state index contributed by atoms with van der Waals surface area (Å²) in [6, 6.07) is 5.98. The van der Waals surface area contributed by atoms with Crippen LogP contribution in [0.15, 0.2) is 24.3 Å². The van der Waals surface area contributed by atoms with Gasteiger partial charge in [0.25, 0.3) is 0 Å². The van der Waals surface area contributed by atoms with Crippen molar-refractivity contribution in [3.8, 4) is 11.3 Å². The van der Waals surface area contributed by atoms with E-state index in [0.717, 1.165) is 17.1 Å². The lowest BCUT2D eigenvalue weighted by atomic mass is 10.2. The zero-order chi connectivity index (χ0) is 9.26. The van der Waals surface area contributed by atoms with Gasteiger partial charge < -0.3 is 0 Å². The van der Waals surface area contributed by atoms with Crippen LogP contribution >= 0.6 is 23.1 Å². The maximum absolute atomic E-state index is 12.6. The molecule has 0 aliphatic heterocycles. The average Bonchev–Trinajstić information content (AvgIpc) is 2.53. The lowest BCUT2D eigenvalue weighted by Crippen LogP contribution is -1.79. The summed E-state index contributed by atoms with van der Waals surface area (Å²) in [6.07, 6.45) is 0. The maximum Gasteiger partial charge on any atom is 0.142 e. The van der Waals surface area contributed by atoms with E-state index in [1.165, 1.54) is 12.1 Å². The van der Waals surface area contributed by atoms with Crippen LogP contribution in [-0.4, -0.2) is 9.59 Å². The van der Waals surface area contributed by atoms with Crippen LogP contribution in [0.1, 0.15) is 0 Å². The average molecular weight is 215 g/mol. The van der Waals surface area contributed by atoms with E-state index < -0.39 is 0 Å². The Morgan fingerprint density at radius 3 is 2.46 bits per heavy atom. The molecule has 0 bridgehead atoms. The Labute approximate surface area is 83.1 Å². The van der Waals surface area contributed by atoms with Crippen LogP contribution in [-0.2, 0) is 0 Å². The second-order valence-electron chi connectivity index (χ2n) is 2.40. The molecule has 0 spiro atoms. The number of nitrogens with zero attached hydrogens (tertiary/aromatic N) is 2. The first-order chi connectivity index (χ1) is 6.27. The molecule has 2 nitrogen and oxygen atoms in total. The SMILES string of the molecule is Fc1ccc(-c2nnsc2Cl)cc1. The maximum atomic E-state index is 12.6. The molecule has 1 aromatic heterocycles. The molecular formula is C8H4ClFN2S. The molecule has 0 aliphatic carbocycles.